The van der Waals surface area contributed by atoms with Crippen molar-refractivity contribution in [2.75, 3.05) is 5.32 Å². The van der Waals surface area contributed by atoms with Crippen molar-refractivity contribution in [2.45, 2.75) is 84.8 Å². The van der Waals surface area contributed by atoms with Gasteiger partial charge in [0.25, 0.3) is 5.91 Å². The summed E-state index contributed by atoms with van der Waals surface area (Å²) in [4.78, 5) is 34.8. The van der Waals surface area contributed by atoms with Crippen LogP contribution in [0.5, 0.6) is 5.75 Å². The molecule has 1 amide bonds. The number of ether oxygens (including phenoxy) is 1. The zero-order chi connectivity index (χ0) is 26.1. The molecular weight excluding hydrogens is 475 g/mol. The van der Waals surface area contributed by atoms with E-state index in [9.17, 15) is 9.59 Å². The zero-order valence-corrected chi connectivity index (χ0v) is 21.6. The van der Waals surface area contributed by atoms with E-state index in [4.69, 9.17) is 4.74 Å². The molecule has 3 aromatic rings. The first kappa shape index (κ1) is 25.1. The van der Waals surface area contributed by atoms with E-state index in [1.807, 2.05) is 6.92 Å². The summed E-state index contributed by atoms with van der Waals surface area (Å²) < 4.78 is 24.5. The van der Waals surface area contributed by atoms with Crippen molar-refractivity contribution in [3.05, 3.63) is 57.5 Å². The van der Waals surface area contributed by atoms with E-state index in [0.29, 0.717) is 41.9 Å². The van der Waals surface area contributed by atoms with Crippen LogP contribution in [0.4, 0.5) is 10.1 Å². The minimum Gasteiger partial charge on any atom is -0.490 e. The van der Waals surface area contributed by atoms with Gasteiger partial charge in [0, 0.05) is 19.0 Å². The average Bonchev–Trinajstić information content (AvgIpc) is 3.23. The summed E-state index contributed by atoms with van der Waals surface area (Å²) in [6, 6.07) is 2.56. The molecule has 1 atom stereocenters. The highest BCUT2D eigenvalue weighted by Crippen LogP contribution is 2.32. The number of anilines is 1. The summed E-state index contributed by atoms with van der Waals surface area (Å²) in [5, 5.41) is 7.19. The van der Waals surface area contributed by atoms with Crippen LogP contribution in [-0.2, 0) is 13.0 Å². The van der Waals surface area contributed by atoms with E-state index >= 15 is 4.39 Å². The Balaban J connectivity index is 1.53. The summed E-state index contributed by atoms with van der Waals surface area (Å²) in [6.45, 7) is 6.08. The van der Waals surface area contributed by atoms with Gasteiger partial charge in [0.1, 0.15) is 28.9 Å². The molecule has 1 aliphatic heterocycles. The minimum atomic E-state index is -0.725. The Morgan fingerprint density at radius 2 is 1.95 bits per heavy atom. The third-order valence-corrected chi connectivity index (χ3v) is 7.47. The molecule has 1 aromatic carbocycles. The highest BCUT2D eigenvalue weighted by atomic mass is 19.1. The van der Waals surface area contributed by atoms with Gasteiger partial charge in [0.15, 0.2) is 0 Å². The second-order valence-corrected chi connectivity index (χ2v) is 10.1. The Morgan fingerprint density at radius 3 is 2.68 bits per heavy atom. The van der Waals surface area contributed by atoms with E-state index in [-0.39, 0.29) is 28.8 Å². The lowest BCUT2D eigenvalue weighted by Crippen LogP contribution is -2.28. The van der Waals surface area contributed by atoms with Gasteiger partial charge in [-0.1, -0.05) is 19.3 Å². The monoisotopic (exact) mass is 508 g/mol. The molecule has 2 aliphatic rings. The van der Waals surface area contributed by atoms with Crippen molar-refractivity contribution in [1.29, 1.82) is 0 Å². The number of rotatable bonds is 6. The van der Waals surface area contributed by atoms with E-state index in [1.165, 1.54) is 18.7 Å². The van der Waals surface area contributed by atoms with Gasteiger partial charge in [-0.3, -0.25) is 9.36 Å². The van der Waals surface area contributed by atoms with Crippen LogP contribution in [0.2, 0.25) is 0 Å². The molecule has 1 aliphatic carbocycles. The lowest BCUT2D eigenvalue weighted by atomic mass is 9.86. The van der Waals surface area contributed by atoms with Crippen molar-refractivity contribution in [3.63, 3.8) is 0 Å². The van der Waals surface area contributed by atoms with Gasteiger partial charge >= 0.3 is 5.69 Å². The number of carbonyl (C=O) groups is 1. The first-order chi connectivity index (χ1) is 17.8. The van der Waals surface area contributed by atoms with E-state index in [1.54, 1.807) is 18.4 Å². The highest BCUT2D eigenvalue weighted by Gasteiger charge is 2.27. The number of aromatic nitrogens is 5. The molecule has 0 saturated heterocycles. The topological polar surface area (TPSA) is 104 Å². The molecule has 9 nitrogen and oxygen atoms in total. The van der Waals surface area contributed by atoms with E-state index in [0.717, 1.165) is 49.3 Å². The third-order valence-electron chi connectivity index (χ3n) is 7.47. The third kappa shape index (κ3) is 5.14. The molecule has 1 unspecified atom stereocenters. The van der Waals surface area contributed by atoms with Crippen molar-refractivity contribution in [3.8, 4) is 11.4 Å². The zero-order valence-electron chi connectivity index (χ0n) is 21.6. The van der Waals surface area contributed by atoms with Crippen LogP contribution in [0.25, 0.3) is 5.69 Å². The molecule has 37 heavy (non-hydrogen) atoms. The molecular formula is C27H33FN6O3. The van der Waals surface area contributed by atoms with Crippen molar-refractivity contribution >= 4 is 11.6 Å². The van der Waals surface area contributed by atoms with Crippen LogP contribution in [0.3, 0.4) is 0 Å². The first-order valence-corrected chi connectivity index (χ1v) is 13.1. The molecule has 5 rings (SSSR count). The number of nitrogens with one attached hydrogen (secondary N) is 1. The molecule has 0 spiro atoms. The predicted octanol–water partition coefficient (Wildman–Crippen LogP) is 4.52. The minimum absolute atomic E-state index is 0.0239. The fourth-order valence-electron chi connectivity index (χ4n) is 5.33. The highest BCUT2D eigenvalue weighted by molar-refractivity contribution is 6.06. The van der Waals surface area contributed by atoms with Crippen molar-refractivity contribution in [2.24, 2.45) is 5.92 Å². The van der Waals surface area contributed by atoms with E-state index in [2.05, 4.69) is 20.4 Å². The second kappa shape index (κ2) is 10.4. The summed E-state index contributed by atoms with van der Waals surface area (Å²) in [5.41, 5.74) is 0.671. The maximum Gasteiger partial charge on any atom is 0.350 e. The quantitative estimate of drug-likeness (QED) is 0.525. The molecule has 196 valence electrons. The Bertz CT molecular complexity index is 1380. The Labute approximate surface area is 215 Å². The van der Waals surface area contributed by atoms with Crippen LogP contribution in [0, 0.1) is 25.6 Å². The fraction of sp³-hybridized carbons (Fsp3) is 0.519. The van der Waals surface area contributed by atoms with Gasteiger partial charge in [-0.25, -0.2) is 19.2 Å². The molecule has 0 radical (unpaired) electrons. The number of aryl methyl sites for hydroxylation is 3. The normalized spacial score (nSPS) is 16.8. The van der Waals surface area contributed by atoms with Gasteiger partial charge in [-0.2, -0.15) is 4.68 Å². The number of carbonyl (C=O) groups excluding carboxylic acids is 1. The Morgan fingerprint density at radius 1 is 1.16 bits per heavy atom. The van der Waals surface area contributed by atoms with Gasteiger partial charge in [-0.15, -0.1) is 5.10 Å². The van der Waals surface area contributed by atoms with Gasteiger partial charge in [-0.05, 0) is 58.4 Å². The SMILES string of the molecule is Cc1ncc(NC(=O)c2cc(F)c(-n3nc4n(c3=O)CCCC4)cc2OC(C)C2CCCCC2)c(C)n1. The molecule has 1 fully saturated rings. The summed E-state index contributed by atoms with van der Waals surface area (Å²) in [7, 11) is 0. The fourth-order valence-corrected chi connectivity index (χ4v) is 5.33. The molecule has 0 bridgehead atoms. The summed E-state index contributed by atoms with van der Waals surface area (Å²) in [6.07, 6.45) is 9.43. The van der Waals surface area contributed by atoms with Gasteiger partial charge < -0.3 is 10.1 Å². The number of fused-ring (bicyclic) bond motifs is 1. The molecule has 10 heteroatoms. The number of amides is 1. The second-order valence-electron chi connectivity index (χ2n) is 10.1. The number of hydrogen-bond donors (Lipinski definition) is 1. The lowest BCUT2D eigenvalue weighted by molar-refractivity contribution is 0.0997. The lowest BCUT2D eigenvalue weighted by Gasteiger charge is -2.29. The number of nitrogens with zero attached hydrogens (tertiary/aromatic N) is 5. The first-order valence-electron chi connectivity index (χ1n) is 13.1. The van der Waals surface area contributed by atoms with Gasteiger partial charge in [0.05, 0.1) is 29.2 Å². The average molecular weight is 509 g/mol. The predicted molar refractivity (Wildman–Crippen MR) is 137 cm³/mol. The van der Waals surface area contributed by atoms with Crippen LogP contribution in [0.1, 0.15) is 79.6 Å². The Hall–Kier alpha value is -3.56. The van der Waals surface area contributed by atoms with Crippen LogP contribution in [-0.4, -0.2) is 36.3 Å². The maximum absolute atomic E-state index is 15.5. The molecule has 1 N–H and O–H groups in total. The van der Waals surface area contributed by atoms with Crippen LogP contribution >= 0.6 is 0 Å². The molecule has 1 saturated carbocycles. The summed E-state index contributed by atoms with van der Waals surface area (Å²) >= 11 is 0. The molecule has 3 heterocycles. The summed E-state index contributed by atoms with van der Waals surface area (Å²) in [5.74, 6) is 0.527. The number of benzene rings is 1. The van der Waals surface area contributed by atoms with E-state index < -0.39 is 11.7 Å². The number of halogens is 1. The maximum atomic E-state index is 15.5. The molecule has 2 aromatic heterocycles. The smallest absolute Gasteiger partial charge is 0.350 e. The largest absolute Gasteiger partial charge is 0.490 e. The van der Waals surface area contributed by atoms with Gasteiger partial charge in [0.2, 0.25) is 0 Å². The van der Waals surface area contributed by atoms with Crippen LogP contribution < -0.4 is 15.7 Å². The standard InChI is InChI=1S/C27H33FN6O3/c1-16-22(15-29-18(3)30-16)31-26(35)20-13-21(28)23(34-27(36)33-12-8-7-11-25(33)32-34)14-24(20)37-17(2)19-9-5-4-6-10-19/h13-15,17,19H,4-12H2,1-3H3,(H,31,35). The number of hydrogen-bond acceptors (Lipinski definition) is 6. The van der Waals surface area contributed by atoms with Crippen LogP contribution in [0.15, 0.2) is 23.1 Å². The van der Waals surface area contributed by atoms with Crippen molar-refractivity contribution in [1.82, 2.24) is 24.3 Å². The van der Waals surface area contributed by atoms with Crippen molar-refractivity contribution < 1.29 is 13.9 Å². The Kier molecular flexibility index (Phi) is 7.08.